The van der Waals surface area contributed by atoms with Crippen molar-refractivity contribution in [1.82, 2.24) is 10.2 Å². The first kappa shape index (κ1) is 8.44. The number of hydrogen-bond acceptors (Lipinski definition) is 3. The van der Waals surface area contributed by atoms with E-state index in [1.807, 2.05) is 6.07 Å². The number of H-pyrrole nitrogens is 1. The van der Waals surface area contributed by atoms with Gasteiger partial charge in [0, 0.05) is 23.6 Å². The molecule has 4 nitrogen and oxygen atoms in total. The number of aromatic nitrogens is 2. The third-order valence-corrected chi connectivity index (χ3v) is 3.40. The molecule has 0 atom stereocenters. The lowest BCUT2D eigenvalue weighted by atomic mass is 9.96. The van der Waals surface area contributed by atoms with Gasteiger partial charge >= 0.3 is 0 Å². The van der Waals surface area contributed by atoms with Gasteiger partial charge in [0.15, 0.2) is 5.82 Å². The molecule has 0 amide bonds. The van der Waals surface area contributed by atoms with Gasteiger partial charge in [0.1, 0.15) is 5.76 Å². The van der Waals surface area contributed by atoms with Crippen molar-refractivity contribution < 1.29 is 4.42 Å². The fourth-order valence-electron chi connectivity index (χ4n) is 2.37. The van der Waals surface area contributed by atoms with Crippen LogP contribution in [0.1, 0.15) is 24.2 Å². The molecule has 0 spiro atoms. The Bertz CT molecular complexity index is 536. The number of nitrogens with zero attached hydrogens (tertiary/aromatic N) is 1. The van der Waals surface area contributed by atoms with E-state index in [-0.39, 0.29) is 0 Å². The SMILES string of the molecule is c1cc2c(o1)CCc1c(NC3CC3)n[nH]c1-2. The molecule has 1 saturated carbocycles. The van der Waals surface area contributed by atoms with E-state index in [4.69, 9.17) is 4.42 Å². The van der Waals surface area contributed by atoms with E-state index in [1.54, 1.807) is 6.26 Å². The molecule has 2 aliphatic carbocycles. The first-order chi connectivity index (χ1) is 7.92. The molecule has 0 saturated heterocycles. The van der Waals surface area contributed by atoms with E-state index in [2.05, 4.69) is 15.5 Å². The number of nitrogens with one attached hydrogen (secondary N) is 2. The molecule has 16 heavy (non-hydrogen) atoms. The van der Waals surface area contributed by atoms with Crippen LogP contribution in [0, 0.1) is 0 Å². The molecule has 82 valence electrons. The molecule has 2 aromatic rings. The summed E-state index contributed by atoms with van der Waals surface area (Å²) in [5, 5.41) is 11.0. The molecule has 0 aliphatic heterocycles. The summed E-state index contributed by atoms with van der Waals surface area (Å²) in [5.74, 6) is 2.12. The molecule has 2 N–H and O–H groups in total. The maximum atomic E-state index is 5.45. The van der Waals surface area contributed by atoms with Crippen molar-refractivity contribution in [3.63, 3.8) is 0 Å². The van der Waals surface area contributed by atoms with E-state index in [9.17, 15) is 0 Å². The van der Waals surface area contributed by atoms with Crippen LogP contribution in [0.3, 0.4) is 0 Å². The summed E-state index contributed by atoms with van der Waals surface area (Å²) in [5.41, 5.74) is 3.64. The standard InChI is InChI=1S/C12H13N3O/c1-2-7(1)13-12-9-3-4-10-8(5-6-16-10)11(9)14-15-12/h5-7H,1-4H2,(H2,13,14,15). The Hall–Kier alpha value is -1.71. The third kappa shape index (κ3) is 1.13. The molecule has 2 aromatic heterocycles. The molecule has 4 heteroatoms. The smallest absolute Gasteiger partial charge is 0.151 e. The molecule has 0 unspecified atom stereocenters. The minimum absolute atomic E-state index is 0.651. The lowest BCUT2D eigenvalue weighted by molar-refractivity contribution is 0.507. The summed E-state index contributed by atoms with van der Waals surface area (Å²) >= 11 is 0. The van der Waals surface area contributed by atoms with Gasteiger partial charge in [-0.15, -0.1) is 0 Å². The lowest BCUT2D eigenvalue weighted by Crippen LogP contribution is -2.06. The zero-order valence-corrected chi connectivity index (χ0v) is 8.92. The highest BCUT2D eigenvalue weighted by atomic mass is 16.3. The summed E-state index contributed by atoms with van der Waals surface area (Å²) in [6.45, 7) is 0. The number of aromatic amines is 1. The van der Waals surface area contributed by atoms with E-state index in [0.717, 1.165) is 30.1 Å². The number of furan rings is 1. The number of aryl methyl sites for hydroxylation is 1. The molecular formula is C12H13N3O. The maximum Gasteiger partial charge on any atom is 0.151 e. The monoisotopic (exact) mass is 215 g/mol. The van der Waals surface area contributed by atoms with Gasteiger partial charge in [0.25, 0.3) is 0 Å². The van der Waals surface area contributed by atoms with Crippen molar-refractivity contribution >= 4 is 5.82 Å². The first-order valence-corrected chi connectivity index (χ1v) is 5.82. The normalized spacial score (nSPS) is 18.0. The Morgan fingerprint density at radius 3 is 3.19 bits per heavy atom. The lowest BCUT2D eigenvalue weighted by Gasteiger charge is -2.11. The zero-order chi connectivity index (χ0) is 10.5. The van der Waals surface area contributed by atoms with Gasteiger partial charge in [-0.25, -0.2) is 0 Å². The molecule has 1 fully saturated rings. The van der Waals surface area contributed by atoms with Crippen molar-refractivity contribution in [2.24, 2.45) is 0 Å². The molecule has 2 heterocycles. The summed E-state index contributed by atoms with van der Waals surface area (Å²) < 4.78 is 5.45. The minimum Gasteiger partial charge on any atom is -0.469 e. The predicted octanol–water partition coefficient (Wildman–Crippen LogP) is 2.34. The van der Waals surface area contributed by atoms with Crippen molar-refractivity contribution in [3.8, 4) is 11.3 Å². The van der Waals surface area contributed by atoms with Crippen LogP contribution in [0.5, 0.6) is 0 Å². The van der Waals surface area contributed by atoms with Crippen LogP contribution in [-0.4, -0.2) is 16.2 Å². The van der Waals surface area contributed by atoms with Crippen LogP contribution in [-0.2, 0) is 12.8 Å². The van der Waals surface area contributed by atoms with Crippen molar-refractivity contribution in [2.75, 3.05) is 5.32 Å². The van der Waals surface area contributed by atoms with Gasteiger partial charge < -0.3 is 9.73 Å². The van der Waals surface area contributed by atoms with E-state index in [0.29, 0.717) is 6.04 Å². The number of fused-ring (bicyclic) bond motifs is 3. The van der Waals surface area contributed by atoms with Gasteiger partial charge in [0.2, 0.25) is 0 Å². The zero-order valence-electron chi connectivity index (χ0n) is 8.92. The number of rotatable bonds is 2. The van der Waals surface area contributed by atoms with Crippen LogP contribution in [0.4, 0.5) is 5.82 Å². The average Bonchev–Trinajstić information content (AvgIpc) is 2.83. The minimum atomic E-state index is 0.651. The van der Waals surface area contributed by atoms with Crippen LogP contribution < -0.4 is 5.32 Å². The second kappa shape index (κ2) is 2.90. The first-order valence-electron chi connectivity index (χ1n) is 5.82. The molecule has 0 bridgehead atoms. The highest BCUT2D eigenvalue weighted by Gasteiger charge is 2.27. The topological polar surface area (TPSA) is 53.9 Å². The van der Waals surface area contributed by atoms with Crippen LogP contribution in [0.2, 0.25) is 0 Å². The molecule has 0 radical (unpaired) electrons. The second-order valence-electron chi connectivity index (χ2n) is 4.60. The highest BCUT2D eigenvalue weighted by Crippen LogP contribution is 2.37. The van der Waals surface area contributed by atoms with Crippen molar-refractivity contribution in [1.29, 1.82) is 0 Å². The second-order valence-corrected chi connectivity index (χ2v) is 4.60. The molecule has 2 aliphatic rings. The van der Waals surface area contributed by atoms with Crippen LogP contribution >= 0.6 is 0 Å². The Labute approximate surface area is 93.0 Å². The van der Waals surface area contributed by atoms with E-state index >= 15 is 0 Å². The van der Waals surface area contributed by atoms with E-state index in [1.165, 1.54) is 24.0 Å². The summed E-state index contributed by atoms with van der Waals surface area (Å²) in [7, 11) is 0. The van der Waals surface area contributed by atoms with Gasteiger partial charge in [-0.3, -0.25) is 5.10 Å². The summed E-state index contributed by atoms with van der Waals surface area (Å²) in [6, 6.07) is 2.67. The molecule has 0 aromatic carbocycles. The van der Waals surface area contributed by atoms with E-state index < -0.39 is 0 Å². The van der Waals surface area contributed by atoms with Gasteiger partial charge in [-0.1, -0.05) is 0 Å². The van der Waals surface area contributed by atoms with Gasteiger partial charge in [-0.05, 0) is 25.3 Å². The quantitative estimate of drug-likeness (QED) is 0.808. The van der Waals surface area contributed by atoms with Crippen LogP contribution in [0.25, 0.3) is 11.3 Å². The fraction of sp³-hybridized carbons (Fsp3) is 0.417. The Kier molecular flexibility index (Phi) is 1.53. The Morgan fingerprint density at radius 2 is 2.31 bits per heavy atom. The average molecular weight is 215 g/mol. The fourth-order valence-corrected chi connectivity index (χ4v) is 2.37. The summed E-state index contributed by atoms with van der Waals surface area (Å²) in [4.78, 5) is 0. The number of hydrogen-bond donors (Lipinski definition) is 2. The predicted molar refractivity (Wildman–Crippen MR) is 60.3 cm³/mol. The third-order valence-electron chi connectivity index (χ3n) is 3.40. The number of anilines is 1. The van der Waals surface area contributed by atoms with Gasteiger partial charge in [-0.2, -0.15) is 5.10 Å². The summed E-state index contributed by atoms with van der Waals surface area (Å²) in [6.07, 6.45) is 6.31. The van der Waals surface area contributed by atoms with Gasteiger partial charge in [0.05, 0.1) is 12.0 Å². The largest absolute Gasteiger partial charge is 0.469 e. The van der Waals surface area contributed by atoms with Crippen molar-refractivity contribution in [3.05, 3.63) is 23.7 Å². The maximum absolute atomic E-state index is 5.45. The van der Waals surface area contributed by atoms with Crippen molar-refractivity contribution in [2.45, 2.75) is 31.7 Å². The van der Waals surface area contributed by atoms with Crippen LogP contribution in [0.15, 0.2) is 16.7 Å². The molecule has 4 rings (SSSR count). The Balaban J connectivity index is 1.79. The molecular weight excluding hydrogens is 202 g/mol. The highest BCUT2D eigenvalue weighted by molar-refractivity contribution is 5.72. The Morgan fingerprint density at radius 1 is 1.38 bits per heavy atom.